The summed E-state index contributed by atoms with van der Waals surface area (Å²) in [6, 6.07) is 0. The number of allylic oxidation sites excluding steroid dienone is 2. The predicted molar refractivity (Wildman–Crippen MR) is 193 cm³/mol. The van der Waals surface area contributed by atoms with Crippen molar-refractivity contribution in [2.24, 2.45) is 50.2 Å². The molecule has 4 saturated carbocycles. The summed E-state index contributed by atoms with van der Waals surface area (Å²) >= 11 is 0. The van der Waals surface area contributed by atoms with Crippen LogP contribution in [0.4, 0.5) is 0 Å². The molecule has 0 amide bonds. The average molecular weight is 767 g/mol. The van der Waals surface area contributed by atoms with Crippen LogP contribution in [0, 0.1) is 50.2 Å². The Kier molecular flexibility index (Phi) is 10.6. The van der Waals surface area contributed by atoms with Crippen molar-refractivity contribution in [3.05, 3.63) is 11.6 Å². The van der Waals surface area contributed by atoms with Gasteiger partial charge in [0, 0.05) is 6.61 Å². The number of carbonyl (C=O) groups excluding carboxylic acids is 1. The molecule has 6 fully saturated rings. The molecule has 308 valence electrons. The lowest BCUT2D eigenvalue weighted by atomic mass is 9.33. The summed E-state index contributed by atoms with van der Waals surface area (Å²) in [4.78, 5) is 14.6. The second kappa shape index (κ2) is 14.0. The molecule has 13 nitrogen and oxygen atoms in total. The highest BCUT2D eigenvalue weighted by molar-refractivity contribution is 5.79. The molecule has 0 aromatic heterocycles. The van der Waals surface area contributed by atoms with Gasteiger partial charge in [0.1, 0.15) is 42.7 Å². The predicted octanol–water partition coefficient (Wildman–Crippen LogP) is 1.93. The zero-order valence-corrected chi connectivity index (χ0v) is 32.9. The molecule has 0 spiro atoms. The minimum atomic E-state index is -1.68. The van der Waals surface area contributed by atoms with Crippen LogP contribution in [-0.2, 0) is 23.7 Å². The molecule has 1 unspecified atom stereocenters. The van der Waals surface area contributed by atoms with E-state index in [1.165, 1.54) is 5.57 Å². The standard InChI is InChI=1S/C41H66O13/c1-36(2)25-9-12-40(6)26(38(25,4)11-10-27(36)53-33-31(48)28(45)23(44)19-51-33)8-7-21-22-17-37(3,20-43)13-15-41(22,16-14-39(21,40)5)35(50)54-34-32(49)30(47)29(46)24(18-42)52-34/h7,22-34,42-49H,8-20H2,1-6H3/t22-,23+,24+,25-,26+,27?,28-,29+,30-,31+,32+,33-,34-,37+,38-,39+,40+,41-/m0/s1. The minimum absolute atomic E-state index is 0.00817. The summed E-state index contributed by atoms with van der Waals surface area (Å²) in [5, 5.41) is 82.9. The van der Waals surface area contributed by atoms with E-state index in [-0.39, 0.29) is 46.9 Å². The number of esters is 1. The van der Waals surface area contributed by atoms with E-state index in [0.29, 0.717) is 37.5 Å². The fraction of sp³-hybridized carbons (Fsp3) is 0.927. The third-order valence-electron chi connectivity index (χ3n) is 17.1. The molecule has 2 saturated heterocycles. The largest absolute Gasteiger partial charge is 0.432 e. The van der Waals surface area contributed by atoms with E-state index in [1.54, 1.807) is 0 Å². The number of ether oxygens (including phenoxy) is 4. The molecule has 0 radical (unpaired) electrons. The SMILES string of the molecule is CC1(C)C(O[C@@H]2OC[C@@H](O)[C@H](O)[C@H]2O)CC[C@]2(C)[C@H]3CC=C4[C@@H]5C[C@](C)(CO)CC[C@]5(C(=O)O[C@@H]5O[C@H](CO)[C@@H](O)[C@H](O)[C@H]5O)CC[C@@]4(C)[C@]3(C)CC[C@@H]12. The Hall–Kier alpha value is -1.23. The Morgan fingerprint density at radius 1 is 0.796 bits per heavy atom. The second-order valence-electron chi connectivity index (χ2n) is 20.0. The molecular formula is C41H66O13. The molecule has 13 heteroatoms. The van der Waals surface area contributed by atoms with Gasteiger partial charge in [-0.05, 0) is 109 Å². The summed E-state index contributed by atoms with van der Waals surface area (Å²) in [5.74, 6) is -0.0936. The highest BCUT2D eigenvalue weighted by atomic mass is 16.7. The van der Waals surface area contributed by atoms with Crippen LogP contribution in [0.15, 0.2) is 11.6 Å². The fourth-order valence-corrected chi connectivity index (χ4v) is 13.3. The average Bonchev–Trinajstić information content (AvgIpc) is 3.13. The highest BCUT2D eigenvalue weighted by Gasteiger charge is 2.70. The molecule has 5 aliphatic carbocycles. The van der Waals surface area contributed by atoms with Gasteiger partial charge in [-0.15, -0.1) is 0 Å². The summed E-state index contributed by atoms with van der Waals surface area (Å²) < 4.78 is 23.7. The lowest BCUT2D eigenvalue weighted by Gasteiger charge is -2.71. The molecular weight excluding hydrogens is 700 g/mol. The monoisotopic (exact) mass is 766 g/mol. The van der Waals surface area contributed by atoms with Crippen LogP contribution in [0.1, 0.15) is 106 Å². The Labute approximate surface area is 319 Å². The van der Waals surface area contributed by atoms with Gasteiger partial charge in [0.25, 0.3) is 0 Å². The molecule has 0 aromatic carbocycles. The maximum Gasteiger partial charge on any atom is 0.315 e. The van der Waals surface area contributed by atoms with E-state index in [0.717, 1.165) is 38.5 Å². The van der Waals surface area contributed by atoms with Crippen molar-refractivity contribution >= 4 is 5.97 Å². The highest BCUT2D eigenvalue weighted by Crippen LogP contribution is 2.76. The molecule has 18 atom stereocenters. The zero-order chi connectivity index (χ0) is 39.4. The molecule has 2 heterocycles. The Bertz CT molecular complexity index is 1450. The normalized spacial score (nSPS) is 54.3. The number of fused-ring (bicyclic) bond motifs is 7. The Morgan fingerprint density at radius 3 is 2.17 bits per heavy atom. The van der Waals surface area contributed by atoms with Crippen LogP contribution < -0.4 is 0 Å². The number of hydrogen-bond donors (Lipinski definition) is 8. The quantitative estimate of drug-likeness (QED) is 0.110. The summed E-state index contributed by atoms with van der Waals surface area (Å²) in [7, 11) is 0. The van der Waals surface area contributed by atoms with Gasteiger partial charge in [-0.25, -0.2) is 0 Å². The van der Waals surface area contributed by atoms with Crippen LogP contribution in [0.2, 0.25) is 0 Å². The maximum absolute atomic E-state index is 14.6. The number of carbonyl (C=O) groups is 1. The van der Waals surface area contributed by atoms with E-state index < -0.39 is 78.7 Å². The smallest absolute Gasteiger partial charge is 0.315 e. The van der Waals surface area contributed by atoms with Crippen molar-refractivity contribution in [1.29, 1.82) is 0 Å². The number of rotatable bonds is 6. The van der Waals surface area contributed by atoms with Crippen LogP contribution in [0.25, 0.3) is 0 Å². The molecule has 54 heavy (non-hydrogen) atoms. The third-order valence-corrected chi connectivity index (χ3v) is 17.1. The van der Waals surface area contributed by atoms with Gasteiger partial charge < -0.3 is 59.8 Å². The zero-order valence-electron chi connectivity index (χ0n) is 32.9. The first-order valence-corrected chi connectivity index (χ1v) is 20.4. The molecule has 2 aliphatic heterocycles. The van der Waals surface area contributed by atoms with Crippen molar-refractivity contribution in [3.8, 4) is 0 Å². The van der Waals surface area contributed by atoms with Gasteiger partial charge in [-0.2, -0.15) is 0 Å². The van der Waals surface area contributed by atoms with E-state index in [2.05, 4.69) is 47.6 Å². The van der Waals surface area contributed by atoms with Gasteiger partial charge >= 0.3 is 5.97 Å². The molecule has 8 N–H and O–H groups in total. The van der Waals surface area contributed by atoms with E-state index in [1.807, 2.05) is 0 Å². The van der Waals surface area contributed by atoms with Crippen molar-refractivity contribution in [2.75, 3.05) is 19.8 Å². The van der Waals surface area contributed by atoms with Crippen molar-refractivity contribution < 1.29 is 64.6 Å². The molecule has 0 aromatic rings. The van der Waals surface area contributed by atoms with E-state index in [4.69, 9.17) is 18.9 Å². The first kappa shape index (κ1) is 40.9. The summed E-state index contributed by atoms with van der Waals surface area (Å²) in [5.41, 5.74) is -0.739. The van der Waals surface area contributed by atoms with Crippen molar-refractivity contribution in [1.82, 2.24) is 0 Å². The molecule has 7 rings (SSSR count). The van der Waals surface area contributed by atoms with Crippen LogP contribution in [0.5, 0.6) is 0 Å². The van der Waals surface area contributed by atoms with Gasteiger partial charge in [0.15, 0.2) is 6.29 Å². The third kappa shape index (κ3) is 5.92. The van der Waals surface area contributed by atoms with E-state index >= 15 is 0 Å². The first-order chi connectivity index (χ1) is 25.2. The summed E-state index contributed by atoms with van der Waals surface area (Å²) in [6.07, 6.45) is -2.82. The lowest BCUT2D eigenvalue weighted by molar-refractivity contribution is -0.308. The Balaban J connectivity index is 1.17. The Morgan fingerprint density at radius 2 is 1.48 bits per heavy atom. The van der Waals surface area contributed by atoms with Crippen LogP contribution in [0.3, 0.4) is 0 Å². The molecule has 0 bridgehead atoms. The second-order valence-corrected chi connectivity index (χ2v) is 20.0. The number of aliphatic hydroxyl groups is 8. The van der Waals surface area contributed by atoms with Gasteiger partial charge in [0.2, 0.25) is 6.29 Å². The number of aliphatic hydroxyl groups excluding tert-OH is 8. The van der Waals surface area contributed by atoms with E-state index in [9.17, 15) is 45.6 Å². The lowest BCUT2D eigenvalue weighted by Crippen LogP contribution is -2.66. The van der Waals surface area contributed by atoms with Crippen LogP contribution >= 0.6 is 0 Å². The number of hydrogen-bond acceptors (Lipinski definition) is 13. The van der Waals surface area contributed by atoms with Crippen molar-refractivity contribution in [2.45, 2.75) is 167 Å². The van der Waals surface area contributed by atoms with Gasteiger partial charge in [-0.3, -0.25) is 4.79 Å². The van der Waals surface area contributed by atoms with Crippen molar-refractivity contribution in [3.63, 3.8) is 0 Å². The van der Waals surface area contributed by atoms with Crippen LogP contribution in [-0.4, -0.2) is 128 Å². The summed E-state index contributed by atoms with van der Waals surface area (Å²) in [6.45, 7) is 13.1. The maximum atomic E-state index is 14.6. The van der Waals surface area contributed by atoms with Gasteiger partial charge in [-0.1, -0.05) is 53.2 Å². The molecule has 7 aliphatic rings. The first-order valence-electron chi connectivity index (χ1n) is 20.4. The minimum Gasteiger partial charge on any atom is -0.432 e. The topological polar surface area (TPSA) is 216 Å². The van der Waals surface area contributed by atoms with Gasteiger partial charge in [0.05, 0.1) is 24.7 Å². The fourth-order valence-electron chi connectivity index (χ4n) is 13.3.